The van der Waals surface area contributed by atoms with Gasteiger partial charge in [-0.15, -0.1) is 0 Å². The van der Waals surface area contributed by atoms with Crippen LogP contribution in [0.4, 0.5) is 0 Å². The first-order valence-electron chi connectivity index (χ1n) is 5.47. The molecule has 1 rings (SSSR count). The van der Waals surface area contributed by atoms with Crippen LogP contribution < -0.4 is 0 Å². The quantitative estimate of drug-likeness (QED) is 0.773. The molecule has 0 bridgehead atoms. The van der Waals surface area contributed by atoms with Gasteiger partial charge < -0.3 is 10.2 Å². The standard InChI is InChI=1S/C11H14O2.C2H4O2/c12-11(13)9-5-4-8-10-6-2-1-3-7-10;1-2(3)4/h1-3,6-7H,4-5,8-9H2,(H,12,13);1H3,(H,3,4). The van der Waals surface area contributed by atoms with E-state index in [-0.39, 0.29) is 6.42 Å². The lowest BCUT2D eigenvalue weighted by atomic mass is 10.1. The van der Waals surface area contributed by atoms with Crippen LogP contribution in [0, 0.1) is 0 Å². The molecule has 17 heavy (non-hydrogen) atoms. The van der Waals surface area contributed by atoms with Crippen molar-refractivity contribution in [1.82, 2.24) is 0 Å². The van der Waals surface area contributed by atoms with Crippen LogP contribution in [0.5, 0.6) is 0 Å². The summed E-state index contributed by atoms with van der Waals surface area (Å²) in [6.07, 6.45) is 2.99. The van der Waals surface area contributed by atoms with E-state index in [1.165, 1.54) is 5.56 Å². The van der Waals surface area contributed by atoms with Crippen LogP contribution in [-0.4, -0.2) is 22.2 Å². The molecule has 0 aromatic heterocycles. The summed E-state index contributed by atoms with van der Waals surface area (Å²) >= 11 is 0. The summed E-state index contributed by atoms with van der Waals surface area (Å²) in [6, 6.07) is 10.1. The third-order valence-electron chi connectivity index (χ3n) is 1.95. The predicted octanol–water partition coefficient (Wildman–Crippen LogP) is 2.57. The highest BCUT2D eigenvalue weighted by Crippen LogP contribution is 2.05. The molecule has 0 aliphatic heterocycles. The Labute approximate surface area is 101 Å². The maximum absolute atomic E-state index is 10.2. The normalized spacial score (nSPS) is 9.00. The molecule has 1 aromatic carbocycles. The number of rotatable bonds is 5. The number of benzene rings is 1. The van der Waals surface area contributed by atoms with Gasteiger partial charge in [0, 0.05) is 13.3 Å². The van der Waals surface area contributed by atoms with Crippen molar-refractivity contribution in [1.29, 1.82) is 0 Å². The molecule has 0 fully saturated rings. The van der Waals surface area contributed by atoms with Gasteiger partial charge >= 0.3 is 5.97 Å². The van der Waals surface area contributed by atoms with Crippen molar-refractivity contribution in [2.24, 2.45) is 0 Å². The van der Waals surface area contributed by atoms with Crippen molar-refractivity contribution in [2.45, 2.75) is 32.6 Å². The summed E-state index contributed by atoms with van der Waals surface area (Å²) in [5.41, 5.74) is 1.29. The van der Waals surface area contributed by atoms with Crippen molar-refractivity contribution in [3.63, 3.8) is 0 Å². The predicted molar refractivity (Wildman–Crippen MR) is 64.9 cm³/mol. The second kappa shape index (κ2) is 9.39. The van der Waals surface area contributed by atoms with E-state index in [0.717, 1.165) is 26.2 Å². The zero-order valence-electron chi connectivity index (χ0n) is 9.93. The highest BCUT2D eigenvalue weighted by atomic mass is 16.4. The molecule has 2 N–H and O–H groups in total. The Bertz CT molecular complexity index is 329. The second-order valence-electron chi connectivity index (χ2n) is 3.61. The number of carboxylic acid groups (broad SMARTS) is 2. The van der Waals surface area contributed by atoms with Crippen molar-refractivity contribution < 1.29 is 19.8 Å². The first-order chi connectivity index (χ1) is 8.02. The van der Waals surface area contributed by atoms with Gasteiger partial charge in [-0.3, -0.25) is 9.59 Å². The minimum Gasteiger partial charge on any atom is -0.481 e. The number of carboxylic acids is 2. The molecule has 0 atom stereocenters. The van der Waals surface area contributed by atoms with E-state index in [1.54, 1.807) is 0 Å². The fraction of sp³-hybridized carbons (Fsp3) is 0.385. The highest BCUT2D eigenvalue weighted by Gasteiger charge is 1.96. The van der Waals surface area contributed by atoms with Crippen molar-refractivity contribution in [3.05, 3.63) is 35.9 Å². The topological polar surface area (TPSA) is 74.6 Å². The third-order valence-corrected chi connectivity index (χ3v) is 1.95. The van der Waals surface area contributed by atoms with Crippen LogP contribution in [0.2, 0.25) is 0 Å². The van der Waals surface area contributed by atoms with Crippen LogP contribution in [0.25, 0.3) is 0 Å². The van der Waals surface area contributed by atoms with E-state index in [0.29, 0.717) is 0 Å². The second-order valence-corrected chi connectivity index (χ2v) is 3.61. The first kappa shape index (κ1) is 15.2. The number of unbranched alkanes of at least 4 members (excludes halogenated alkanes) is 1. The largest absolute Gasteiger partial charge is 0.481 e. The molecular weight excluding hydrogens is 220 g/mol. The number of hydrogen-bond donors (Lipinski definition) is 2. The lowest BCUT2D eigenvalue weighted by molar-refractivity contribution is -0.137. The Balaban J connectivity index is 0.000000557. The van der Waals surface area contributed by atoms with Gasteiger partial charge in [0.2, 0.25) is 0 Å². The van der Waals surface area contributed by atoms with Gasteiger partial charge in [0.15, 0.2) is 0 Å². The Morgan fingerprint density at radius 1 is 1.06 bits per heavy atom. The summed E-state index contributed by atoms with van der Waals surface area (Å²) in [5.74, 6) is -1.53. The fourth-order valence-corrected chi connectivity index (χ4v) is 1.25. The van der Waals surface area contributed by atoms with Crippen LogP contribution in [-0.2, 0) is 16.0 Å². The summed E-state index contributed by atoms with van der Waals surface area (Å²) in [5, 5.41) is 15.8. The van der Waals surface area contributed by atoms with Gasteiger partial charge in [0.1, 0.15) is 0 Å². The number of aliphatic carboxylic acids is 2. The van der Waals surface area contributed by atoms with Gasteiger partial charge in [0.05, 0.1) is 0 Å². The fourth-order valence-electron chi connectivity index (χ4n) is 1.25. The molecule has 94 valence electrons. The Morgan fingerprint density at radius 2 is 1.59 bits per heavy atom. The molecule has 1 aromatic rings. The van der Waals surface area contributed by atoms with Gasteiger partial charge in [-0.25, -0.2) is 0 Å². The molecule has 0 aliphatic rings. The van der Waals surface area contributed by atoms with Gasteiger partial charge in [0.25, 0.3) is 5.97 Å². The van der Waals surface area contributed by atoms with Crippen molar-refractivity contribution in [3.8, 4) is 0 Å². The molecular formula is C13H18O4. The van der Waals surface area contributed by atoms with Gasteiger partial charge in [-0.2, -0.15) is 0 Å². The molecule has 0 spiro atoms. The molecule has 0 amide bonds. The zero-order chi connectivity index (χ0) is 13.1. The maximum Gasteiger partial charge on any atom is 0.303 e. The summed E-state index contributed by atoms with van der Waals surface area (Å²) in [7, 11) is 0. The van der Waals surface area contributed by atoms with Crippen LogP contribution in [0.1, 0.15) is 31.7 Å². The highest BCUT2D eigenvalue weighted by molar-refractivity contribution is 5.66. The van der Waals surface area contributed by atoms with Gasteiger partial charge in [-0.05, 0) is 24.8 Å². The Morgan fingerprint density at radius 3 is 2.06 bits per heavy atom. The van der Waals surface area contributed by atoms with E-state index in [1.807, 2.05) is 18.2 Å². The minimum absolute atomic E-state index is 0.285. The molecule has 0 heterocycles. The number of aryl methyl sites for hydroxylation is 1. The van der Waals surface area contributed by atoms with E-state index in [9.17, 15) is 4.79 Å². The number of hydrogen-bond acceptors (Lipinski definition) is 2. The third kappa shape index (κ3) is 12.1. The molecule has 4 heteroatoms. The van der Waals surface area contributed by atoms with Crippen LogP contribution >= 0.6 is 0 Å². The van der Waals surface area contributed by atoms with E-state index in [4.69, 9.17) is 15.0 Å². The Kier molecular flexibility index (Phi) is 8.37. The molecule has 0 aliphatic carbocycles. The summed E-state index contributed by atoms with van der Waals surface area (Å²) < 4.78 is 0. The zero-order valence-corrected chi connectivity index (χ0v) is 9.93. The maximum atomic E-state index is 10.2. The molecule has 0 unspecified atom stereocenters. The lowest BCUT2D eigenvalue weighted by Crippen LogP contribution is -1.94. The van der Waals surface area contributed by atoms with E-state index >= 15 is 0 Å². The summed E-state index contributed by atoms with van der Waals surface area (Å²) in [4.78, 5) is 19.2. The molecule has 0 saturated carbocycles. The molecule has 4 nitrogen and oxygen atoms in total. The Hall–Kier alpha value is -1.84. The SMILES string of the molecule is CC(=O)O.O=C(O)CCCCc1ccccc1. The average Bonchev–Trinajstić information content (AvgIpc) is 2.25. The molecule has 0 saturated heterocycles. The summed E-state index contributed by atoms with van der Waals surface area (Å²) in [6.45, 7) is 1.08. The number of carbonyl (C=O) groups is 2. The van der Waals surface area contributed by atoms with Gasteiger partial charge in [-0.1, -0.05) is 30.3 Å². The van der Waals surface area contributed by atoms with Crippen LogP contribution in [0.15, 0.2) is 30.3 Å². The van der Waals surface area contributed by atoms with Crippen LogP contribution in [0.3, 0.4) is 0 Å². The molecule has 0 radical (unpaired) electrons. The van der Waals surface area contributed by atoms with Crippen molar-refractivity contribution >= 4 is 11.9 Å². The smallest absolute Gasteiger partial charge is 0.303 e. The first-order valence-corrected chi connectivity index (χ1v) is 5.47. The lowest BCUT2D eigenvalue weighted by Gasteiger charge is -1.98. The van der Waals surface area contributed by atoms with Crippen molar-refractivity contribution in [2.75, 3.05) is 0 Å². The monoisotopic (exact) mass is 238 g/mol. The minimum atomic E-state index is -0.833. The van der Waals surface area contributed by atoms with E-state index < -0.39 is 11.9 Å². The van der Waals surface area contributed by atoms with E-state index in [2.05, 4.69) is 12.1 Å². The average molecular weight is 238 g/mol.